The van der Waals surface area contributed by atoms with Gasteiger partial charge in [-0.3, -0.25) is 9.69 Å². The first-order chi connectivity index (χ1) is 10.7. The molecule has 1 aliphatic heterocycles. The summed E-state index contributed by atoms with van der Waals surface area (Å²) in [6, 6.07) is 14.4. The number of phenols is 1. The molecule has 1 heterocycles. The van der Waals surface area contributed by atoms with Crippen LogP contribution in [0.4, 0.5) is 5.69 Å². The molecule has 0 saturated carbocycles. The van der Waals surface area contributed by atoms with E-state index in [4.69, 9.17) is 9.47 Å². The Hall–Kier alpha value is -2.53. The highest BCUT2D eigenvalue weighted by Gasteiger charge is 2.34. The number of phenolic OH excluding ortho intramolecular Hbond substituents is 1. The number of hydrogen-bond donors (Lipinski definition) is 1. The molecule has 2 aromatic carbocycles. The van der Waals surface area contributed by atoms with Crippen LogP contribution in [0.2, 0.25) is 0 Å². The average molecular weight is 299 g/mol. The minimum Gasteiger partial charge on any atom is -0.508 e. The van der Waals surface area contributed by atoms with E-state index < -0.39 is 6.10 Å². The topological polar surface area (TPSA) is 59.0 Å². The Balaban J connectivity index is 1.91. The van der Waals surface area contributed by atoms with Gasteiger partial charge in [-0.2, -0.15) is 0 Å². The Labute approximate surface area is 128 Å². The van der Waals surface area contributed by atoms with Gasteiger partial charge in [-0.15, -0.1) is 0 Å². The smallest absolute Gasteiger partial charge is 0.270 e. The molecule has 1 N–H and O–H groups in total. The molecule has 2 aromatic rings. The third-order valence-corrected chi connectivity index (χ3v) is 3.57. The maximum Gasteiger partial charge on any atom is 0.270 e. The average Bonchev–Trinajstić information content (AvgIpc) is 2.53. The summed E-state index contributed by atoms with van der Waals surface area (Å²) in [6.07, 6.45) is -0.116. The third-order valence-electron chi connectivity index (χ3n) is 3.57. The first-order valence-electron chi connectivity index (χ1n) is 7.03. The lowest BCUT2D eigenvalue weighted by molar-refractivity contribution is -0.127. The summed E-state index contributed by atoms with van der Waals surface area (Å²) in [5, 5.41) is 9.63. The van der Waals surface area contributed by atoms with Gasteiger partial charge < -0.3 is 14.6 Å². The fraction of sp³-hybridized carbons (Fsp3) is 0.235. The molecule has 1 aliphatic rings. The molecule has 0 spiro atoms. The van der Waals surface area contributed by atoms with Crippen LogP contribution in [-0.2, 0) is 16.0 Å². The largest absolute Gasteiger partial charge is 0.508 e. The van der Waals surface area contributed by atoms with Gasteiger partial charge >= 0.3 is 0 Å². The number of fused-ring (bicyclic) bond motifs is 1. The number of rotatable bonds is 4. The number of benzene rings is 2. The van der Waals surface area contributed by atoms with Crippen molar-refractivity contribution in [2.45, 2.75) is 12.5 Å². The standard InChI is InChI=1S/C17H17NO4/c1-21-11-18-14-10-13(19)7-8-15(14)22-16(17(18)20)9-12-5-3-2-4-6-12/h2-8,10,16,19H,9,11H2,1H3. The zero-order chi connectivity index (χ0) is 15.5. The predicted octanol–water partition coefficient (Wildman–Crippen LogP) is 2.33. The highest BCUT2D eigenvalue weighted by atomic mass is 16.5. The molecule has 1 amide bonds. The van der Waals surface area contributed by atoms with E-state index in [-0.39, 0.29) is 18.4 Å². The van der Waals surface area contributed by atoms with E-state index in [1.165, 1.54) is 18.1 Å². The van der Waals surface area contributed by atoms with E-state index in [1.807, 2.05) is 30.3 Å². The fourth-order valence-electron chi connectivity index (χ4n) is 2.53. The van der Waals surface area contributed by atoms with Crippen molar-refractivity contribution < 1.29 is 19.4 Å². The van der Waals surface area contributed by atoms with Crippen LogP contribution >= 0.6 is 0 Å². The van der Waals surface area contributed by atoms with Gasteiger partial charge in [0.05, 0.1) is 5.69 Å². The number of anilines is 1. The van der Waals surface area contributed by atoms with Crippen molar-refractivity contribution in [2.75, 3.05) is 18.7 Å². The number of hydrogen-bond acceptors (Lipinski definition) is 4. The maximum absolute atomic E-state index is 12.6. The van der Waals surface area contributed by atoms with Crippen molar-refractivity contribution in [1.29, 1.82) is 0 Å². The van der Waals surface area contributed by atoms with E-state index in [2.05, 4.69) is 0 Å². The van der Waals surface area contributed by atoms with Crippen LogP contribution in [0.15, 0.2) is 48.5 Å². The van der Waals surface area contributed by atoms with Gasteiger partial charge in [0, 0.05) is 19.6 Å². The first kappa shape index (κ1) is 14.4. The second-order valence-electron chi connectivity index (χ2n) is 5.13. The molecule has 5 heteroatoms. The summed E-state index contributed by atoms with van der Waals surface area (Å²) >= 11 is 0. The summed E-state index contributed by atoms with van der Waals surface area (Å²) in [6.45, 7) is 0.115. The molecule has 1 atom stereocenters. The summed E-state index contributed by atoms with van der Waals surface area (Å²) in [5.41, 5.74) is 1.55. The lowest BCUT2D eigenvalue weighted by Gasteiger charge is -2.34. The van der Waals surface area contributed by atoms with Crippen molar-refractivity contribution in [3.8, 4) is 11.5 Å². The predicted molar refractivity (Wildman–Crippen MR) is 82.0 cm³/mol. The quantitative estimate of drug-likeness (QED) is 0.941. The summed E-state index contributed by atoms with van der Waals surface area (Å²) in [7, 11) is 1.53. The summed E-state index contributed by atoms with van der Waals surface area (Å²) < 4.78 is 10.9. The van der Waals surface area contributed by atoms with Crippen molar-refractivity contribution in [3.05, 3.63) is 54.1 Å². The van der Waals surface area contributed by atoms with E-state index in [9.17, 15) is 9.90 Å². The molecule has 0 fully saturated rings. The second-order valence-corrected chi connectivity index (χ2v) is 5.13. The number of carbonyl (C=O) groups is 1. The Morgan fingerprint density at radius 1 is 1.23 bits per heavy atom. The van der Waals surface area contributed by atoms with E-state index >= 15 is 0 Å². The second kappa shape index (κ2) is 6.07. The van der Waals surface area contributed by atoms with Crippen LogP contribution < -0.4 is 9.64 Å². The molecular formula is C17H17NO4. The fourth-order valence-corrected chi connectivity index (χ4v) is 2.53. The van der Waals surface area contributed by atoms with Crippen molar-refractivity contribution in [3.63, 3.8) is 0 Å². The molecule has 0 aliphatic carbocycles. The minimum absolute atomic E-state index is 0.0813. The summed E-state index contributed by atoms with van der Waals surface area (Å²) in [5.74, 6) is 0.469. The number of methoxy groups -OCH3 is 1. The number of amides is 1. The van der Waals surface area contributed by atoms with Crippen LogP contribution in [0.1, 0.15) is 5.56 Å². The van der Waals surface area contributed by atoms with Gasteiger partial charge in [-0.1, -0.05) is 30.3 Å². The first-order valence-corrected chi connectivity index (χ1v) is 7.03. The zero-order valence-electron chi connectivity index (χ0n) is 12.2. The molecule has 0 bridgehead atoms. The SMILES string of the molecule is COCN1C(=O)C(Cc2ccccc2)Oc2ccc(O)cc21. The van der Waals surface area contributed by atoms with Gasteiger partial charge in [0.15, 0.2) is 6.10 Å². The van der Waals surface area contributed by atoms with Gasteiger partial charge in [-0.25, -0.2) is 0 Å². The number of nitrogens with zero attached hydrogens (tertiary/aromatic N) is 1. The Morgan fingerprint density at radius 2 is 2.00 bits per heavy atom. The normalized spacial score (nSPS) is 17.0. The van der Waals surface area contributed by atoms with E-state index in [1.54, 1.807) is 12.1 Å². The molecule has 1 unspecified atom stereocenters. The molecular weight excluding hydrogens is 282 g/mol. The maximum atomic E-state index is 12.6. The van der Waals surface area contributed by atoms with Crippen LogP contribution in [-0.4, -0.2) is 31.0 Å². The number of aromatic hydroxyl groups is 1. The highest BCUT2D eigenvalue weighted by molar-refractivity contribution is 6.00. The zero-order valence-corrected chi connectivity index (χ0v) is 12.2. The van der Waals surface area contributed by atoms with Crippen LogP contribution in [0.3, 0.4) is 0 Å². The minimum atomic E-state index is -0.602. The van der Waals surface area contributed by atoms with Crippen molar-refractivity contribution in [2.24, 2.45) is 0 Å². The summed E-state index contributed by atoms with van der Waals surface area (Å²) in [4.78, 5) is 14.1. The van der Waals surface area contributed by atoms with Gasteiger partial charge in [0.2, 0.25) is 0 Å². The third kappa shape index (κ3) is 2.76. The Morgan fingerprint density at radius 3 is 2.73 bits per heavy atom. The van der Waals surface area contributed by atoms with Gasteiger partial charge in [0.25, 0.3) is 5.91 Å². The monoisotopic (exact) mass is 299 g/mol. The Bertz CT molecular complexity index is 672. The van der Waals surface area contributed by atoms with Crippen molar-refractivity contribution in [1.82, 2.24) is 0 Å². The molecule has 5 nitrogen and oxygen atoms in total. The van der Waals surface area contributed by atoms with Gasteiger partial charge in [-0.05, 0) is 17.7 Å². The molecule has 22 heavy (non-hydrogen) atoms. The molecule has 0 saturated heterocycles. The van der Waals surface area contributed by atoms with Gasteiger partial charge in [0.1, 0.15) is 18.2 Å². The molecule has 0 aromatic heterocycles. The van der Waals surface area contributed by atoms with Crippen LogP contribution in [0.5, 0.6) is 11.5 Å². The molecule has 0 radical (unpaired) electrons. The highest BCUT2D eigenvalue weighted by Crippen LogP contribution is 2.37. The number of ether oxygens (including phenoxy) is 2. The molecule has 3 rings (SSSR count). The number of carbonyl (C=O) groups excluding carboxylic acids is 1. The van der Waals surface area contributed by atoms with Crippen LogP contribution in [0, 0.1) is 0 Å². The Kier molecular flexibility index (Phi) is 3.98. The van der Waals surface area contributed by atoms with Crippen molar-refractivity contribution >= 4 is 11.6 Å². The van der Waals surface area contributed by atoms with E-state index in [0.29, 0.717) is 17.9 Å². The van der Waals surface area contributed by atoms with E-state index in [0.717, 1.165) is 5.56 Å². The lowest BCUT2D eigenvalue weighted by Crippen LogP contribution is -2.47. The molecule has 114 valence electrons. The lowest BCUT2D eigenvalue weighted by atomic mass is 10.0. The van der Waals surface area contributed by atoms with Crippen LogP contribution in [0.25, 0.3) is 0 Å².